The molecule has 1 aliphatic rings. The molecule has 0 radical (unpaired) electrons. The number of rotatable bonds is 1. The Bertz CT molecular complexity index is 553. The van der Waals surface area contributed by atoms with Gasteiger partial charge in [0.15, 0.2) is 0 Å². The molecule has 0 saturated carbocycles. The molecule has 0 fully saturated rings. The van der Waals surface area contributed by atoms with E-state index in [9.17, 15) is 0 Å². The van der Waals surface area contributed by atoms with E-state index in [2.05, 4.69) is 23.5 Å². The fourth-order valence-electron chi connectivity index (χ4n) is 2.05. The molecular weight excluding hydrogens is 230 g/mol. The molecular formula is C14H11NOS. The lowest BCUT2D eigenvalue weighted by molar-refractivity contribution is 0.476. The van der Waals surface area contributed by atoms with Crippen LogP contribution in [0, 0.1) is 0 Å². The van der Waals surface area contributed by atoms with Crippen LogP contribution in [0.4, 0.5) is 0 Å². The second kappa shape index (κ2) is 4.18. The lowest BCUT2D eigenvalue weighted by Gasteiger charge is -2.28. The van der Waals surface area contributed by atoms with Crippen molar-refractivity contribution < 1.29 is 4.74 Å². The van der Waals surface area contributed by atoms with Gasteiger partial charge >= 0.3 is 0 Å². The average molecular weight is 241 g/mol. The van der Waals surface area contributed by atoms with E-state index >= 15 is 0 Å². The van der Waals surface area contributed by atoms with Crippen LogP contribution in [0.15, 0.2) is 54.6 Å². The van der Waals surface area contributed by atoms with Gasteiger partial charge in [0.1, 0.15) is 5.75 Å². The molecule has 2 aromatic rings. The fourth-order valence-corrected chi connectivity index (χ4v) is 2.25. The van der Waals surface area contributed by atoms with Gasteiger partial charge < -0.3 is 10.1 Å². The highest BCUT2D eigenvalue weighted by atomic mass is 32.1. The van der Waals surface area contributed by atoms with Crippen LogP contribution in [0.2, 0.25) is 0 Å². The first-order valence-electron chi connectivity index (χ1n) is 5.47. The van der Waals surface area contributed by atoms with Crippen LogP contribution in [-0.2, 0) is 0 Å². The summed E-state index contributed by atoms with van der Waals surface area (Å²) in [6.07, 6.45) is 0. The van der Waals surface area contributed by atoms with E-state index in [0.29, 0.717) is 5.17 Å². The van der Waals surface area contributed by atoms with Crippen molar-refractivity contribution in [3.63, 3.8) is 0 Å². The van der Waals surface area contributed by atoms with E-state index in [1.54, 1.807) is 0 Å². The number of para-hydroxylation sites is 1. The van der Waals surface area contributed by atoms with Gasteiger partial charge in [-0.1, -0.05) is 48.5 Å². The Kier molecular flexibility index (Phi) is 2.53. The van der Waals surface area contributed by atoms with E-state index in [1.165, 1.54) is 5.56 Å². The maximum absolute atomic E-state index is 5.50. The number of ether oxygens (including phenoxy) is 1. The molecule has 0 aromatic heterocycles. The molecule has 2 aromatic carbocycles. The Balaban J connectivity index is 2.10. The first-order chi connectivity index (χ1) is 8.34. The summed E-state index contributed by atoms with van der Waals surface area (Å²) in [4.78, 5) is 0. The summed E-state index contributed by atoms with van der Waals surface area (Å²) in [5, 5.41) is 3.63. The fraction of sp³-hybridized carbons (Fsp3) is 0.0714. The third-order valence-corrected chi connectivity index (χ3v) is 3.03. The molecule has 1 heterocycles. The zero-order valence-electron chi connectivity index (χ0n) is 9.09. The van der Waals surface area contributed by atoms with Gasteiger partial charge in [0.25, 0.3) is 5.17 Å². The number of hydrogen-bond acceptors (Lipinski definition) is 2. The van der Waals surface area contributed by atoms with Crippen molar-refractivity contribution in [2.45, 2.75) is 6.04 Å². The Morgan fingerprint density at radius 2 is 1.65 bits per heavy atom. The molecule has 0 spiro atoms. The standard InChI is InChI=1S/C14H11NOS/c17-14-15-13(10-6-2-1-3-7-10)11-8-4-5-9-12(11)16-14/h1-9,13H,(H,15,17). The Morgan fingerprint density at radius 3 is 2.47 bits per heavy atom. The largest absolute Gasteiger partial charge is 0.432 e. The second-order valence-electron chi connectivity index (χ2n) is 3.92. The van der Waals surface area contributed by atoms with E-state index in [0.717, 1.165) is 11.3 Å². The summed E-state index contributed by atoms with van der Waals surface area (Å²) < 4.78 is 5.50. The first-order valence-corrected chi connectivity index (χ1v) is 5.87. The summed E-state index contributed by atoms with van der Waals surface area (Å²) in [5.74, 6) is 0.838. The number of fused-ring (bicyclic) bond motifs is 1. The van der Waals surface area contributed by atoms with Crippen molar-refractivity contribution >= 4 is 17.4 Å². The minimum absolute atomic E-state index is 0.0775. The Hall–Kier alpha value is -1.87. The molecule has 3 heteroatoms. The number of thiocarbonyl (C=S) groups is 1. The van der Waals surface area contributed by atoms with Crippen LogP contribution in [0.1, 0.15) is 17.2 Å². The predicted octanol–water partition coefficient (Wildman–Crippen LogP) is 3.04. The highest BCUT2D eigenvalue weighted by Gasteiger charge is 2.24. The number of benzene rings is 2. The van der Waals surface area contributed by atoms with Crippen LogP contribution in [0.5, 0.6) is 5.75 Å². The topological polar surface area (TPSA) is 21.3 Å². The summed E-state index contributed by atoms with van der Waals surface area (Å²) in [6.45, 7) is 0. The highest BCUT2D eigenvalue weighted by Crippen LogP contribution is 2.32. The molecule has 1 aliphatic heterocycles. The van der Waals surface area contributed by atoms with Gasteiger partial charge in [0.2, 0.25) is 0 Å². The molecule has 84 valence electrons. The molecule has 0 saturated heterocycles. The maximum atomic E-state index is 5.50. The third-order valence-electron chi connectivity index (χ3n) is 2.83. The van der Waals surface area contributed by atoms with Crippen LogP contribution >= 0.6 is 12.2 Å². The Morgan fingerprint density at radius 1 is 0.941 bits per heavy atom. The highest BCUT2D eigenvalue weighted by molar-refractivity contribution is 7.80. The predicted molar refractivity (Wildman–Crippen MR) is 71.1 cm³/mol. The van der Waals surface area contributed by atoms with E-state index in [4.69, 9.17) is 17.0 Å². The van der Waals surface area contributed by atoms with Crippen LogP contribution in [-0.4, -0.2) is 5.17 Å². The van der Waals surface area contributed by atoms with Gasteiger partial charge in [-0.2, -0.15) is 0 Å². The SMILES string of the molecule is S=C1NC(c2ccccc2)c2ccccc2O1. The monoisotopic (exact) mass is 241 g/mol. The molecule has 0 amide bonds. The molecule has 0 aliphatic carbocycles. The molecule has 0 bridgehead atoms. The van der Waals surface area contributed by atoms with Crippen LogP contribution in [0.25, 0.3) is 0 Å². The van der Waals surface area contributed by atoms with Gasteiger partial charge in [0.05, 0.1) is 6.04 Å². The number of hydrogen-bond donors (Lipinski definition) is 1. The van der Waals surface area contributed by atoms with E-state index < -0.39 is 0 Å². The minimum atomic E-state index is 0.0775. The van der Waals surface area contributed by atoms with Crippen molar-refractivity contribution in [3.8, 4) is 5.75 Å². The van der Waals surface area contributed by atoms with Crippen molar-refractivity contribution in [1.82, 2.24) is 5.32 Å². The molecule has 1 N–H and O–H groups in total. The Labute approximate surface area is 105 Å². The van der Waals surface area contributed by atoms with Gasteiger partial charge in [-0.25, -0.2) is 0 Å². The number of nitrogens with one attached hydrogen (secondary N) is 1. The lowest BCUT2D eigenvalue weighted by atomic mass is 9.97. The van der Waals surface area contributed by atoms with Gasteiger partial charge in [0, 0.05) is 5.56 Å². The van der Waals surface area contributed by atoms with Crippen LogP contribution in [0.3, 0.4) is 0 Å². The zero-order chi connectivity index (χ0) is 11.7. The van der Waals surface area contributed by atoms with Gasteiger partial charge in [-0.05, 0) is 23.8 Å². The quantitative estimate of drug-likeness (QED) is 0.775. The maximum Gasteiger partial charge on any atom is 0.262 e. The average Bonchev–Trinajstić information content (AvgIpc) is 2.39. The smallest absolute Gasteiger partial charge is 0.262 e. The van der Waals surface area contributed by atoms with Crippen molar-refractivity contribution in [1.29, 1.82) is 0 Å². The van der Waals surface area contributed by atoms with Crippen molar-refractivity contribution in [2.75, 3.05) is 0 Å². The first kappa shape index (κ1) is 10.3. The van der Waals surface area contributed by atoms with Crippen LogP contribution < -0.4 is 10.1 Å². The van der Waals surface area contributed by atoms with Gasteiger partial charge in [-0.3, -0.25) is 0 Å². The summed E-state index contributed by atoms with van der Waals surface area (Å²) >= 11 is 5.13. The molecule has 2 nitrogen and oxygen atoms in total. The van der Waals surface area contributed by atoms with Gasteiger partial charge in [-0.15, -0.1) is 0 Å². The molecule has 1 atom stereocenters. The molecule has 17 heavy (non-hydrogen) atoms. The van der Waals surface area contributed by atoms with Crippen molar-refractivity contribution in [2.24, 2.45) is 0 Å². The molecule has 3 rings (SSSR count). The second-order valence-corrected chi connectivity index (χ2v) is 4.29. The van der Waals surface area contributed by atoms with Crippen molar-refractivity contribution in [3.05, 3.63) is 65.7 Å². The van der Waals surface area contributed by atoms with E-state index in [-0.39, 0.29) is 6.04 Å². The van der Waals surface area contributed by atoms with E-state index in [1.807, 2.05) is 36.4 Å². The lowest BCUT2D eigenvalue weighted by Crippen LogP contribution is -2.36. The molecule has 1 unspecified atom stereocenters. The summed E-state index contributed by atoms with van der Waals surface area (Å²) in [6, 6.07) is 18.3. The summed E-state index contributed by atoms with van der Waals surface area (Å²) in [5.41, 5.74) is 2.30. The summed E-state index contributed by atoms with van der Waals surface area (Å²) in [7, 11) is 0. The normalized spacial score (nSPS) is 17.9. The minimum Gasteiger partial charge on any atom is -0.432 e. The zero-order valence-corrected chi connectivity index (χ0v) is 9.91. The third kappa shape index (κ3) is 1.89.